The molecule has 0 aliphatic heterocycles. The minimum Gasteiger partial charge on any atom is -0.366 e. The largest absolute Gasteiger partial charge is 0.366 e. The van der Waals surface area contributed by atoms with Gasteiger partial charge in [-0.3, -0.25) is 0 Å². The van der Waals surface area contributed by atoms with E-state index in [-0.39, 0.29) is 29.3 Å². The fourth-order valence-electron chi connectivity index (χ4n) is 2.34. The number of benzene rings is 2. The van der Waals surface area contributed by atoms with Crippen LogP contribution in [0, 0.1) is 11.6 Å². The van der Waals surface area contributed by atoms with Gasteiger partial charge in [0, 0.05) is 42.9 Å². The van der Waals surface area contributed by atoms with Gasteiger partial charge in [-0.15, -0.1) is 0 Å². The molecule has 0 fully saturated rings. The Morgan fingerprint density at radius 3 is 2.04 bits per heavy atom. The maximum absolute atomic E-state index is 14.0. The molecule has 0 aromatic heterocycles. The second-order valence-corrected chi connectivity index (χ2v) is 10.3. The van der Waals surface area contributed by atoms with Gasteiger partial charge >= 0.3 is 0 Å². The lowest BCUT2D eigenvalue weighted by Gasteiger charge is -2.25. The number of halogens is 2. The van der Waals surface area contributed by atoms with Crippen molar-refractivity contribution in [1.29, 1.82) is 0 Å². The first-order valence-electron chi connectivity index (χ1n) is 7.62. The number of nitrogens with zero attached hydrogens (tertiary/aromatic N) is 1. The SMILES string of the molecule is CS(=O)(=O)CCN(Cc1ccc(F)cc1F)c1ccc(S(C)(=O)=O)cc1. The van der Waals surface area contributed by atoms with E-state index in [1.165, 1.54) is 30.3 Å². The lowest BCUT2D eigenvalue weighted by atomic mass is 10.1. The third-order valence-corrected chi connectivity index (χ3v) is 5.79. The lowest BCUT2D eigenvalue weighted by Crippen LogP contribution is -2.29. The molecule has 142 valence electrons. The van der Waals surface area contributed by atoms with Crippen LogP contribution in [0.15, 0.2) is 47.4 Å². The van der Waals surface area contributed by atoms with E-state index in [1.54, 1.807) is 4.90 Å². The van der Waals surface area contributed by atoms with Gasteiger partial charge in [0.25, 0.3) is 0 Å². The molecule has 5 nitrogen and oxygen atoms in total. The molecule has 0 radical (unpaired) electrons. The lowest BCUT2D eigenvalue weighted by molar-refractivity contribution is 0.569. The molecule has 2 aromatic rings. The van der Waals surface area contributed by atoms with Crippen molar-refractivity contribution >= 4 is 25.4 Å². The molecule has 0 spiro atoms. The van der Waals surface area contributed by atoms with Crippen molar-refractivity contribution in [3.05, 3.63) is 59.7 Å². The summed E-state index contributed by atoms with van der Waals surface area (Å²) in [6, 6.07) is 9.04. The molecule has 2 aromatic carbocycles. The van der Waals surface area contributed by atoms with Crippen LogP contribution in [-0.4, -0.2) is 41.6 Å². The highest BCUT2D eigenvalue weighted by Crippen LogP contribution is 2.21. The van der Waals surface area contributed by atoms with Crippen molar-refractivity contribution < 1.29 is 25.6 Å². The van der Waals surface area contributed by atoms with Crippen molar-refractivity contribution in [2.45, 2.75) is 11.4 Å². The summed E-state index contributed by atoms with van der Waals surface area (Å²) in [6.45, 7) is 0.0910. The van der Waals surface area contributed by atoms with Crippen LogP contribution in [0.1, 0.15) is 5.56 Å². The first-order valence-corrected chi connectivity index (χ1v) is 11.6. The zero-order valence-electron chi connectivity index (χ0n) is 14.3. The van der Waals surface area contributed by atoms with Crippen LogP contribution in [-0.2, 0) is 26.2 Å². The minimum absolute atomic E-state index is 0.0137. The Hall–Kier alpha value is -2.00. The fraction of sp³-hybridized carbons (Fsp3) is 0.294. The van der Waals surface area contributed by atoms with Crippen LogP contribution in [0.3, 0.4) is 0 Å². The van der Waals surface area contributed by atoms with Crippen molar-refractivity contribution in [1.82, 2.24) is 0 Å². The molecule has 0 unspecified atom stereocenters. The molecule has 0 atom stereocenters. The van der Waals surface area contributed by atoms with Gasteiger partial charge < -0.3 is 4.90 Å². The van der Waals surface area contributed by atoms with Crippen molar-refractivity contribution in [3.8, 4) is 0 Å². The standard InChI is InChI=1S/C17H19F2NO4S2/c1-25(21,22)10-9-20(12-13-3-4-14(18)11-17(13)19)15-5-7-16(8-6-15)26(2,23)24/h3-8,11H,9-10,12H2,1-2H3. The number of rotatable bonds is 7. The summed E-state index contributed by atoms with van der Waals surface area (Å²) in [6.07, 6.45) is 2.17. The number of sulfone groups is 2. The Kier molecular flexibility index (Phi) is 6.02. The normalized spacial score (nSPS) is 12.2. The van der Waals surface area contributed by atoms with Gasteiger partial charge in [-0.2, -0.15) is 0 Å². The molecular formula is C17H19F2NO4S2. The molecule has 9 heteroatoms. The zero-order valence-corrected chi connectivity index (χ0v) is 15.9. The second kappa shape index (κ2) is 7.71. The van der Waals surface area contributed by atoms with Gasteiger partial charge in [0.05, 0.1) is 10.6 Å². The van der Waals surface area contributed by atoms with E-state index in [0.717, 1.165) is 24.6 Å². The molecule has 0 saturated heterocycles. The average molecular weight is 403 g/mol. The number of anilines is 1. The van der Waals surface area contributed by atoms with E-state index in [2.05, 4.69) is 0 Å². The van der Waals surface area contributed by atoms with Gasteiger partial charge in [-0.25, -0.2) is 25.6 Å². The van der Waals surface area contributed by atoms with Crippen LogP contribution in [0.5, 0.6) is 0 Å². The topological polar surface area (TPSA) is 71.5 Å². The monoisotopic (exact) mass is 403 g/mol. The maximum Gasteiger partial charge on any atom is 0.175 e. The van der Waals surface area contributed by atoms with E-state index >= 15 is 0 Å². The van der Waals surface area contributed by atoms with E-state index in [1.807, 2.05) is 0 Å². The van der Waals surface area contributed by atoms with E-state index in [0.29, 0.717) is 5.69 Å². The van der Waals surface area contributed by atoms with Crippen molar-refractivity contribution in [2.24, 2.45) is 0 Å². The predicted octanol–water partition coefficient (Wildman–Crippen LogP) is 2.42. The molecule has 0 aliphatic carbocycles. The highest BCUT2D eigenvalue weighted by molar-refractivity contribution is 7.91. The highest BCUT2D eigenvalue weighted by Gasteiger charge is 2.15. The highest BCUT2D eigenvalue weighted by atomic mass is 32.2. The van der Waals surface area contributed by atoms with Gasteiger partial charge in [-0.1, -0.05) is 6.07 Å². The maximum atomic E-state index is 14.0. The first-order chi connectivity index (χ1) is 12.0. The van der Waals surface area contributed by atoms with Crippen LogP contribution in [0.25, 0.3) is 0 Å². The van der Waals surface area contributed by atoms with Gasteiger partial charge in [0.2, 0.25) is 0 Å². The third kappa shape index (κ3) is 5.77. The quantitative estimate of drug-likeness (QED) is 0.710. The molecule has 0 amide bonds. The number of hydrogen-bond donors (Lipinski definition) is 0. The number of hydrogen-bond acceptors (Lipinski definition) is 5. The average Bonchev–Trinajstić information content (AvgIpc) is 2.51. The summed E-state index contributed by atoms with van der Waals surface area (Å²) in [4.78, 5) is 1.72. The Balaban J connectivity index is 2.34. The van der Waals surface area contributed by atoms with E-state index in [4.69, 9.17) is 0 Å². The molecule has 0 saturated carbocycles. The molecule has 2 rings (SSSR count). The fourth-order valence-corrected chi connectivity index (χ4v) is 3.52. The first kappa shape index (κ1) is 20.3. The molecule has 0 aliphatic rings. The van der Waals surface area contributed by atoms with Gasteiger partial charge in [-0.05, 0) is 30.3 Å². The van der Waals surface area contributed by atoms with Crippen LogP contribution in [0.2, 0.25) is 0 Å². The Bertz CT molecular complexity index is 988. The minimum atomic E-state index is -3.37. The van der Waals surface area contributed by atoms with Crippen LogP contribution < -0.4 is 4.90 Å². The summed E-state index contributed by atoms with van der Waals surface area (Å²) in [5.41, 5.74) is 0.733. The smallest absolute Gasteiger partial charge is 0.175 e. The Labute approximate surface area is 152 Å². The van der Waals surface area contributed by atoms with Crippen LogP contribution >= 0.6 is 0 Å². The summed E-state index contributed by atoms with van der Waals surface area (Å²) in [7, 11) is -6.63. The molecule has 0 N–H and O–H groups in total. The summed E-state index contributed by atoms with van der Waals surface area (Å²) < 4.78 is 73.1. The van der Waals surface area contributed by atoms with Crippen molar-refractivity contribution in [2.75, 3.05) is 29.7 Å². The van der Waals surface area contributed by atoms with Gasteiger partial charge in [0.15, 0.2) is 9.84 Å². The molecule has 0 bridgehead atoms. The predicted molar refractivity (Wildman–Crippen MR) is 96.7 cm³/mol. The zero-order chi connectivity index (χ0) is 19.5. The summed E-state index contributed by atoms with van der Waals surface area (Å²) in [5, 5.41) is 0. The molecule has 0 heterocycles. The van der Waals surface area contributed by atoms with Crippen molar-refractivity contribution in [3.63, 3.8) is 0 Å². The van der Waals surface area contributed by atoms with Gasteiger partial charge in [0.1, 0.15) is 21.5 Å². The summed E-state index contributed by atoms with van der Waals surface area (Å²) >= 11 is 0. The van der Waals surface area contributed by atoms with E-state index < -0.39 is 31.3 Å². The summed E-state index contributed by atoms with van der Waals surface area (Å²) in [5.74, 6) is -1.60. The molecule has 26 heavy (non-hydrogen) atoms. The molecular weight excluding hydrogens is 384 g/mol. The Morgan fingerprint density at radius 1 is 0.923 bits per heavy atom. The third-order valence-electron chi connectivity index (χ3n) is 3.74. The second-order valence-electron chi connectivity index (χ2n) is 6.05. The Morgan fingerprint density at radius 2 is 1.54 bits per heavy atom. The van der Waals surface area contributed by atoms with E-state index in [9.17, 15) is 25.6 Å². The van der Waals surface area contributed by atoms with Crippen LogP contribution in [0.4, 0.5) is 14.5 Å².